The van der Waals surface area contributed by atoms with E-state index in [1.807, 2.05) is 7.05 Å². The summed E-state index contributed by atoms with van der Waals surface area (Å²) >= 11 is 0. The Morgan fingerprint density at radius 3 is 2.94 bits per heavy atom. The lowest BCUT2D eigenvalue weighted by molar-refractivity contribution is 0.0762. The molecule has 0 saturated heterocycles. The molecule has 2 rings (SSSR count). The van der Waals surface area contributed by atoms with Gasteiger partial charge in [-0.1, -0.05) is 6.07 Å². The molecule has 0 spiro atoms. The topological polar surface area (TPSA) is 24.5 Å². The van der Waals surface area contributed by atoms with E-state index in [1.54, 1.807) is 7.11 Å². The number of benzene rings is 1. The van der Waals surface area contributed by atoms with Crippen LogP contribution in [-0.2, 0) is 11.2 Å². The second-order valence-electron chi connectivity index (χ2n) is 4.40. The highest BCUT2D eigenvalue weighted by atomic mass is 16.5. The predicted octanol–water partition coefficient (Wildman–Crippen LogP) is 1.90. The van der Waals surface area contributed by atoms with Gasteiger partial charge in [0.2, 0.25) is 0 Å². The van der Waals surface area contributed by atoms with Crippen molar-refractivity contribution in [1.82, 2.24) is 4.90 Å². The van der Waals surface area contributed by atoms with Gasteiger partial charge in [0.15, 0.2) is 0 Å². The average Bonchev–Trinajstić information content (AvgIpc) is 2.48. The standard InChI is InChI=1S/C13H20N2O/c1-14-11-5-4-10-6-7-15(2)9-13(16-3)12(10)8-11/h4-5,8,13-14H,6-7,9H2,1-3H3. The van der Waals surface area contributed by atoms with Crippen LogP contribution in [0.25, 0.3) is 0 Å². The van der Waals surface area contributed by atoms with Crippen molar-refractivity contribution in [1.29, 1.82) is 0 Å². The molecular weight excluding hydrogens is 200 g/mol. The molecule has 1 aromatic carbocycles. The van der Waals surface area contributed by atoms with Gasteiger partial charge >= 0.3 is 0 Å². The number of likely N-dealkylation sites (N-methyl/N-ethyl adjacent to an activating group) is 1. The second-order valence-corrected chi connectivity index (χ2v) is 4.40. The minimum atomic E-state index is 0.191. The van der Waals surface area contributed by atoms with Crippen molar-refractivity contribution in [2.45, 2.75) is 12.5 Å². The lowest BCUT2D eigenvalue weighted by Crippen LogP contribution is -2.24. The third kappa shape index (κ3) is 2.20. The Labute approximate surface area is 97.4 Å². The summed E-state index contributed by atoms with van der Waals surface area (Å²) in [5, 5.41) is 3.18. The molecule has 0 radical (unpaired) electrons. The largest absolute Gasteiger partial charge is 0.388 e. The molecular formula is C13H20N2O. The van der Waals surface area contributed by atoms with Gasteiger partial charge in [0.05, 0.1) is 6.10 Å². The van der Waals surface area contributed by atoms with Crippen molar-refractivity contribution >= 4 is 5.69 Å². The van der Waals surface area contributed by atoms with Crippen LogP contribution in [0.4, 0.5) is 5.69 Å². The predicted molar refractivity (Wildman–Crippen MR) is 66.9 cm³/mol. The zero-order valence-electron chi connectivity index (χ0n) is 10.3. The first-order valence-corrected chi connectivity index (χ1v) is 5.76. The summed E-state index contributed by atoms with van der Waals surface area (Å²) in [6.45, 7) is 2.07. The summed E-state index contributed by atoms with van der Waals surface area (Å²) in [5.41, 5.74) is 3.90. The molecule has 0 saturated carbocycles. The number of nitrogens with one attached hydrogen (secondary N) is 1. The van der Waals surface area contributed by atoms with E-state index in [9.17, 15) is 0 Å². The lowest BCUT2D eigenvalue weighted by Gasteiger charge is -2.20. The summed E-state index contributed by atoms with van der Waals surface area (Å²) < 4.78 is 5.60. The molecule has 1 unspecified atom stereocenters. The van der Waals surface area contributed by atoms with Gasteiger partial charge in [-0.05, 0) is 36.7 Å². The van der Waals surface area contributed by atoms with Gasteiger partial charge in [-0.15, -0.1) is 0 Å². The highest BCUT2D eigenvalue weighted by Crippen LogP contribution is 2.28. The molecule has 1 N–H and O–H groups in total. The monoisotopic (exact) mass is 220 g/mol. The maximum absolute atomic E-state index is 5.60. The van der Waals surface area contributed by atoms with Gasteiger partial charge in [-0.25, -0.2) is 0 Å². The highest BCUT2D eigenvalue weighted by Gasteiger charge is 2.20. The third-order valence-electron chi connectivity index (χ3n) is 3.31. The van der Waals surface area contributed by atoms with E-state index < -0.39 is 0 Å². The van der Waals surface area contributed by atoms with Crippen LogP contribution >= 0.6 is 0 Å². The fourth-order valence-corrected chi connectivity index (χ4v) is 2.26. The Balaban J connectivity index is 2.37. The van der Waals surface area contributed by atoms with E-state index in [2.05, 4.69) is 35.5 Å². The van der Waals surface area contributed by atoms with E-state index in [-0.39, 0.29) is 6.10 Å². The molecule has 1 heterocycles. The second kappa shape index (κ2) is 4.85. The number of rotatable bonds is 2. The van der Waals surface area contributed by atoms with Crippen molar-refractivity contribution in [2.24, 2.45) is 0 Å². The SMILES string of the molecule is CNc1ccc2c(c1)C(OC)CN(C)CC2. The molecule has 1 atom stereocenters. The first-order valence-electron chi connectivity index (χ1n) is 5.76. The van der Waals surface area contributed by atoms with E-state index in [0.717, 1.165) is 25.2 Å². The van der Waals surface area contributed by atoms with E-state index >= 15 is 0 Å². The van der Waals surface area contributed by atoms with Crippen LogP contribution in [0.1, 0.15) is 17.2 Å². The number of methoxy groups -OCH3 is 1. The Hall–Kier alpha value is -1.06. The highest BCUT2D eigenvalue weighted by molar-refractivity contribution is 5.49. The number of hydrogen-bond donors (Lipinski definition) is 1. The number of hydrogen-bond acceptors (Lipinski definition) is 3. The number of anilines is 1. The van der Waals surface area contributed by atoms with Crippen LogP contribution in [0.5, 0.6) is 0 Å². The fourth-order valence-electron chi connectivity index (χ4n) is 2.26. The molecule has 0 aliphatic carbocycles. The molecule has 3 heteroatoms. The first kappa shape index (κ1) is 11.4. The van der Waals surface area contributed by atoms with Crippen LogP contribution in [0.2, 0.25) is 0 Å². The van der Waals surface area contributed by atoms with Crippen molar-refractivity contribution < 1.29 is 4.74 Å². The summed E-state index contributed by atoms with van der Waals surface area (Å²) in [4.78, 5) is 2.33. The quantitative estimate of drug-likeness (QED) is 0.824. The number of fused-ring (bicyclic) bond motifs is 1. The molecule has 0 aromatic heterocycles. The van der Waals surface area contributed by atoms with Crippen molar-refractivity contribution in [3.05, 3.63) is 29.3 Å². The summed E-state index contributed by atoms with van der Waals surface area (Å²) in [6.07, 6.45) is 1.30. The van der Waals surface area contributed by atoms with Crippen LogP contribution < -0.4 is 5.32 Å². The summed E-state index contributed by atoms with van der Waals surface area (Å²) in [5.74, 6) is 0. The average molecular weight is 220 g/mol. The van der Waals surface area contributed by atoms with E-state index in [0.29, 0.717) is 0 Å². The van der Waals surface area contributed by atoms with Crippen molar-refractivity contribution in [3.8, 4) is 0 Å². The maximum Gasteiger partial charge on any atom is 0.0951 e. The Kier molecular flexibility index (Phi) is 3.46. The molecule has 88 valence electrons. The zero-order valence-corrected chi connectivity index (χ0v) is 10.3. The van der Waals surface area contributed by atoms with E-state index in [1.165, 1.54) is 11.1 Å². The first-order chi connectivity index (χ1) is 7.74. The minimum Gasteiger partial charge on any atom is -0.388 e. The van der Waals surface area contributed by atoms with Crippen LogP contribution in [0, 0.1) is 0 Å². The summed E-state index contributed by atoms with van der Waals surface area (Å²) in [7, 11) is 5.89. The smallest absolute Gasteiger partial charge is 0.0951 e. The molecule has 0 amide bonds. The zero-order chi connectivity index (χ0) is 11.5. The maximum atomic E-state index is 5.60. The molecule has 1 aromatic rings. The molecule has 1 aliphatic heterocycles. The fraction of sp³-hybridized carbons (Fsp3) is 0.538. The van der Waals surface area contributed by atoms with Gasteiger partial charge < -0.3 is 15.0 Å². The van der Waals surface area contributed by atoms with E-state index in [4.69, 9.17) is 4.74 Å². The van der Waals surface area contributed by atoms with Gasteiger partial charge in [0.1, 0.15) is 0 Å². The number of ether oxygens (including phenoxy) is 1. The normalized spacial score (nSPS) is 21.3. The molecule has 0 bridgehead atoms. The van der Waals surface area contributed by atoms with Crippen LogP contribution in [-0.4, -0.2) is 39.2 Å². The van der Waals surface area contributed by atoms with Gasteiger partial charge in [0, 0.05) is 32.9 Å². The van der Waals surface area contributed by atoms with Crippen molar-refractivity contribution in [2.75, 3.05) is 39.6 Å². The van der Waals surface area contributed by atoms with Gasteiger partial charge in [-0.2, -0.15) is 0 Å². The lowest BCUT2D eigenvalue weighted by atomic mass is 10.0. The molecule has 3 nitrogen and oxygen atoms in total. The molecule has 0 fully saturated rings. The number of nitrogens with zero attached hydrogens (tertiary/aromatic N) is 1. The Bertz CT molecular complexity index is 365. The van der Waals surface area contributed by atoms with Gasteiger partial charge in [0.25, 0.3) is 0 Å². The summed E-state index contributed by atoms with van der Waals surface area (Å²) in [6, 6.07) is 6.56. The van der Waals surface area contributed by atoms with Gasteiger partial charge in [-0.3, -0.25) is 0 Å². The van der Waals surface area contributed by atoms with Crippen molar-refractivity contribution in [3.63, 3.8) is 0 Å². The minimum absolute atomic E-state index is 0.191. The van der Waals surface area contributed by atoms with Crippen LogP contribution in [0.3, 0.4) is 0 Å². The Morgan fingerprint density at radius 2 is 2.25 bits per heavy atom. The van der Waals surface area contributed by atoms with Crippen LogP contribution in [0.15, 0.2) is 18.2 Å². The third-order valence-corrected chi connectivity index (χ3v) is 3.31. The molecule has 1 aliphatic rings. The molecule has 16 heavy (non-hydrogen) atoms. The Morgan fingerprint density at radius 1 is 1.44 bits per heavy atom.